The van der Waals surface area contributed by atoms with Gasteiger partial charge in [0.05, 0.1) is 81.8 Å². The van der Waals surface area contributed by atoms with Crippen molar-refractivity contribution in [3.63, 3.8) is 0 Å². The third-order valence-corrected chi connectivity index (χ3v) is 27.0. The predicted molar refractivity (Wildman–Crippen MR) is 544 cm³/mol. The molecule has 0 spiro atoms. The fraction of sp³-hybridized carbons (Fsp3) is 0.714. The Kier molecular flexibility index (Phi) is 61.3. The van der Waals surface area contributed by atoms with Crippen LogP contribution in [0.3, 0.4) is 0 Å². The number of fused-ring (bicyclic) bond motifs is 5. The van der Waals surface area contributed by atoms with Crippen molar-refractivity contribution in [3.05, 3.63) is 86.5 Å². The first-order valence-electron chi connectivity index (χ1n) is 51.0. The Morgan fingerprint density at radius 2 is 0.750 bits per heavy atom. The average molecular weight is 2010 g/mol. The van der Waals surface area contributed by atoms with Gasteiger partial charge in [-0.2, -0.15) is 38.5 Å². The second-order valence-corrected chi connectivity index (χ2v) is 38.4. The van der Waals surface area contributed by atoms with Gasteiger partial charge in [-0.1, -0.05) is 198 Å². The van der Waals surface area contributed by atoms with Crippen LogP contribution in [0.1, 0.15) is 323 Å². The standard InChI is InChI=1S/C36H57N7O7S.C26H43N5O5.C18H34O3.C10H16N2O3S.C8H11N5O3/c1-2-3-4-11-16-26(50-30(45)20-15-14-18-28-31-27(23-51-28)39-36(47)40-31)17-12-9-7-5-6-8-10-13-19-29(44)49-22-21-48-25-43-24-38-32-33(43)41-35(37)42-34(32)46;1-2-3-4-11-14-21(32)15-12-9-7-5-6-8-10-13-16-22(33)36-18-17-35-20-31-19-28-23-24(31)29-26(27)30-25(23)34;1-2-3-4-11-14-17(19)15-12-9-7-5-6-8-10-13-16-18(20)21;13-8(14)4-2-1-3-7-9-6(5-16-7)11-10(15)12-9;9-8-11-6-5(7(15)12-8)10-3-13(6)4-16-2-1-14/h9,12,24,26-28,31H,2-8,10-11,13-23,25H2,1H3,(H2,39,40,47)(H3,37,41,42,46);9,12,19,21,32H,2-8,10-11,13-18,20H2,1H3,(H3,27,29,30,34);9,12,17,19H,2-8,10-11,13-16H2,1H3,(H,20,21);6-7,9H,1-5H2,(H,13,14)(H2,11,12,15);3,14H,1-2,4H2,(H3,9,11,12,15)/b3*12-9-;;/t26-,27+,28+,31+;21-;17-;6-,7-,9-;/m1110./s1. The molecule has 4 fully saturated rings. The van der Waals surface area contributed by atoms with Crippen LogP contribution in [0, 0.1) is 0 Å². The van der Waals surface area contributed by atoms with E-state index >= 15 is 0 Å². The number of carbonyl (C=O) groups is 7. The first-order valence-corrected chi connectivity index (χ1v) is 53.1. The molecule has 140 heavy (non-hydrogen) atoms. The summed E-state index contributed by atoms with van der Waals surface area (Å²) in [6, 6.07) is 0.827. The number of allylic oxidation sites excluding steroid dienone is 3. The molecule has 0 aliphatic carbocycles. The maximum Gasteiger partial charge on any atom is 0.315 e. The van der Waals surface area contributed by atoms with Crippen molar-refractivity contribution < 1.29 is 87.5 Å². The first kappa shape index (κ1) is 119. The third kappa shape index (κ3) is 50.1. The van der Waals surface area contributed by atoms with Crippen molar-refractivity contribution in [3.8, 4) is 0 Å². The lowest BCUT2D eigenvalue weighted by Gasteiger charge is -2.18. The van der Waals surface area contributed by atoms with E-state index in [1.807, 2.05) is 23.5 Å². The molecule has 42 heteroatoms. The quantitative estimate of drug-likeness (QED) is 0.00554. The van der Waals surface area contributed by atoms with Gasteiger partial charge in [0.1, 0.15) is 39.5 Å². The topological polar surface area (TPSA) is 593 Å². The van der Waals surface area contributed by atoms with Crippen LogP contribution < -0.4 is 55.1 Å². The number of esters is 3. The molecule has 4 aliphatic rings. The predicted octanol–water partition coefficient (Wildman–Crippen LogP) is 14.3. The molecular weight excluding hydrogens is 1840 g/mol. The number of aliphatic hydroxyl groups is 3. The minimum Gasteiger partial charge on any atom is -0.481 e. The lowest BCUT2D eigenvalue weighted by atomic mass is 10.0. The van der Waals surface area contributed by atoms with Crippen molar-refractivity contribution in [2.24, 2.45) is 0 Å². The van der Waals surface area contributed by atoms with Crippen LogP contribution in [0.2, 0.25) is 0 Å². The molecule has 0 saturated carbocycles. The first-order chi connectivity index (χ1) is 67.9. The zero-order valence-corrected chi connectivity index (χ0v) is 84.4. The van der Waals surface area contributed by atoms with Gasteiger partial charge in [-0.15, -0.1) is 0 Å². The van der Waals surface area contributed by atoms with Gasteiger partial charge >= 0.3 is 41.9 Å². The lowest BCUT2D eigenvalue weighted by molar-refractivity contribution is -0.149. The molecule has 4 saturated heterocycles. The molecule has 10 heterocycles. The van der Waals surface area contributed by atoms with Crippen molar-refractivity contribution in [2.45, 2.75) is 396 Å². The number of hydrogen-bond donors (Lipinski definition) is 15. The van der Waals surface area contributed by atoms with Crippen molar-refractivity contribution in [1.29, 1.82) is 0 Å². The summed E-state index contributed by atoms with van der Waals surface area (Å²) in [5.41, 5.74) is 17.0. The number of aliphatic carboxylic acids is 2. The highest BCUT2D eigenvalue weighted by Crippen LogP contribution is 2.35. The number of unbranched alkanes of at least 4 members (excludes halogenated alkanes) is 26. The molecule has 4 amide bonds. The summed E-state index contributed by atoms with van der Waals surface area (Å²) < 4.78 is 37.2. The smallest absolute Gasteiger partial charge is 0.315 e. The van der Waals surface area contributed by atoms with Crippen molar-refractivity contribution in [2.75, 3.05) is 68.3 Å². The summed E-state index contributed by atoms with van der Waals surface area (Å²) >= 11 is 3.78. The van der Waals surface area contributed by atoms with E-state index in [9.17, 15) is 58.2 Å². The van der Waals surface area contributed by atoms with E-state index in [1.165, 1.54) is 81.3 Å². The van der Waals surface area contributed by atoms with Crippen LogP contribution >= 0.6 is 23.5 Å². The Labute approximate surface area is 830 Å². The Hall–Kier alpha value is -9.98. The maximum atomic E-state index is 12.7. The molecule has 40 nitrogen and oxygen atoms in total. The summed E-state index contributed by atoms with van der Waals surface area (Å²) in [4.78, 5) is 146. The fourth-order valence-electron chi connectivity index (χ4n) is 16.3. The van der Waals surface area contributed by atoms with Gasteiger partial charge in [0.2, 0.25) is 17.8 Å². The molecule has 0 aromatic carbocycles. The summed E-state index contributed by atoms with van der Waals surface area (Å²) in [5, 5.41) is 58.0. The van der Waals surface area contributed by atoms with Crippen LogP contribution in [-0.4, -0.2) is 230 Å². The fourth-order valence-corrected chi connectivity index (χ4v) is 19.4. The van der Waals surface area contributed by atoms with E-state index in [1.54, 1.807) is 9.13 Å². The second kappa shape index (κ2) is 72.3. The number of nitrogen functional groups attached to an aromatic ring is 3. The number of aliphatic hydroxyl groups excluding tert-OH is 3. The van der Waals surface area contributed by atoms with Gasteiger partial charge in [-0.05, 0) is 122 Å². The SMILES string of the molecule is CCCCCC[C@@H](O)C/C=C\CCCCCCCC(=O)O.CCCCCC[C@@H](O)C/C=C\CCCCCCCC(=O)OCCOCn1cnc2c(=O)[nH]c(N)nc21.CCCCCC[C@H](C/C=C\CCCCCCCC(=O)OCCOCn1cnc2c(=O)[nH]c(N)nc21)OC(=O)CCCC[C@@H]1SC[C@@H]2NC(=O)N[C@@H]21.Nc1nc2c(ncn2COCCO)c(=O)[nH]1.O=C(O)CCCC[C@@H]1SC[C@@H]2NC(=O)N[C@@H]21. The van der Waals surface area contributed by atoms with Gasteiger partial charge in [0, 0.05) is 60.5 Å². The van der Waals surface area contributed by atoms with Gasteiger partial charge in [0.15, 0.2) is 33.5 Å². The van der Waals surface area contributed by atoms with Crippen LogP contribution in [-0.2, 0) is 72.6 Å². The van der Waals surface area contributed by atoms with Crippen LogP contribution in [0.15, 0.2) is 69.8 Å². The van der Waals surface area contributed by atoms with Crippen LogP contribution in [0.5, 0.6) is 0 Å². The molecular formula is C98H161N19O21S2. The number of carbonyl (C=O) groups excluding carboxylic acids is 5. The molecule has 0 unspecified atom stereocenters. The Morgan fingerprint density at radius 3 is 1.14 bits per heavy atom. The van der Waals surface area contributed by atoms with E-state index in [-0.39, 0.29) is 179 Å². The highest BCUT2D eigenvalue weighted by molar-refractivity contribution is 8.00. The number of aromatic nitrogens is 12. The van der Waals surface area contributed by atoms with Crippen LogP contribution in [0.4, 0.5) is 27.4 Å². The molecule has 9 atom stereocenters. The number of rotatable bonds is 70. The highest BCUT2D eigenvalue weighted by atomic mass is 32.2. The maximum absolute atomic E-state index is 12.7. The number of amides is 4. The number of H-pyrrole nitrogens is 3. The van der Waals surface area contributed by atoms with Crippen molar-refractivity contribution >= 4 is 117 Å². The number of urea groups is 2. The normalized spacial score (nSPS) is 17.0. The Morgan fingerprint density at radius 1 is 0.414 bits per heavy atom. The lowest BCUT2D eigenvalue weighted by Crippen LogP contribution is -2.36. The zero-order valence-electron chi connectivity index (χ0n) is 82.7. The number of thioether (sulfide) groups is 2. The van der Waals surface area contributed by atoms with Gasteiger partial charge < -0.3 is 92.4 Å². The molecule has 0 radical (unpaired) electrons. The minimum atomic E-state index is -0.729. The molecule has 10 rings (SSSR count). The number of nitrogens with two attached hydrogens (primary N) is 3. The van der Waals surface area contributed by atoms with E-state index in [2.05, 4.69) is 123 Å². The third-order valence-electron chi connectivity index (χ3n) is 24.0. The molecule has 4 aliphatic heterocycles. The molecule has 18 N–H and O–H groups in total. The average Bonchev–Trinajstić information content (AvgIpc) is 1.94. The number of anilines is 3. The number of aromatic amines is 3. The van der Waals surface area contributed by atoms with Gasteiger partial charge in [-0.25, -0.2) is 24.5 Å². The summed E-state index contributed by atoms with van der Waals surface area (Å²) in [6.07, 6.45) is 62.0. The van der Waals surface area contributed by atoms with E-state index in [0.717, 1.165) is 223 Å². The number of imidazole rings is 3. The van der Waals surface area contributed by atoms with E-state index in [0.29, 0.717) is 53.1 Å². The summed E-state index contributed by atoms with van der Waals surface area (Å²) in [7, 11) is 0. The number of carboxylic acid groups (broad SMARTS) is 2. The molecule has 6 aromatic heterocycles. The highest BCUT2D eigenvalue weighted by Gasteiger charge is 2.44. The minimum absolute atomic E-state index is 0.00460. The number of nitrogens with zero attached hydrogens (tertiary/aromatic N) is 9. The monoisotopic (exact) mass is 2000 g/mol. The number of hydrogen-bond acceptors (Lipinski definition) is 30. The molecule has 0 bridgehead atoms. The Balaban J connectivity index is 0.000000291. The molecule has 6 aromatic rings. The summed E-state index contributed by atoms with van der Waals surface area (Å²) in [6.45, 7) is 7.88. The number of nitrogens with one attached hydrogen (secondary N) is 7. The van der Waals surface area contributed by atoms with E-state index in [4.69, 9.17) is 60.9 Å². The second-order valence-electron chi connectivity index (χ2n) is 35.8. The van der Waals surface area contributed by atoms with Gasteiger partial charge in [-0.3, -0.25) is 67.0 Å². The van der Waals surface area contributed by atoms with Crippen LogP contribution in [0.25, 0.3) is 33.5 Å². The van der Waals surface area contributed by atoms with Crippen molar-refractivity contribution in [1.82, 2.24) is 79.8 Å². The largest absolute Gasteiger partial charge is 0.481 e. The summed E-state index contributed by atoms with van der Waals surface area (Å²) in [5.74, 6) is -0.00470. The zero-order chi connectivity index (χ0) is 101. The number of ether oxygens (including phenoxy) is 6. The molecule has 786 valence electrons. The van der Waals surface area contributed by atoms with E-state index < -0.39 is 23.1 Å². The Bertz CT molecular complexity index is 4790. The van der Waals surface area contributed by atoms with Gasteiger partial charge in [0.25, 0.3) is 16.7 Å². The number of carboxylic acids is 2.